The molecule has 0 heterocycles. The summed E-state index contributed by atoms with van der Waals surface area (Å²) in [6.45, 7) is -1.51. The zero-order chi connectivity index (χ0) is 13.9. The zero-order valence-electron chi connectivity index (χ0n) is 9.15. The molecule has 1 rings (SSSR count). The maximum absolute atomic E-state index is 12.1. The summed E-state index contributed by atoms with van der Waals surface area (Å²) in [5, 5.41) is 8.79. The topological polar surface area (TPSA) is 67.2 Å². The number of benzene rings is 1. The molecule has 0 fully saturated rings. The van der Waals surface area contributed by atoms with E-state index in [1.165, 1.54) is 6.07 Å². The second-order valence-corrected chi connectivity index (χ2v) is 5.77. The van der Waals surface area contributed by atoms with E-state index in [4.69, 9.17) is 15.9 Å². The van der Waals surface area contributed by atoms with E-state index < -0.39 is 21.4 Å². The highest BCUT2D eigenvalue weighted by Crippen LogP contribution is 2.30. The van der Waals surface area contributed by atoms with Gasteiger partial charge in [-0.1, -0.05) is 6.92 Å². The SMILES string of the molecule is CCc1cc(C#N)c(OC(F)F)cc1S(=O)(=O)Cl. The predicted molar refractivity (Wildman–Crippen MR) is 60.2 cm³/mol. The third kappa shape index (κ3) is 3.31. The summed E-state index contributed by atoms with van der Waals surface area (Å²) >= 11 is 0. The van der Waals surface area contributed by atoms with Crippen molar-refractivity contribution >= 4 is 19.7 Å². The Morgan fingerprint density at radius 1 is 1.50 bits per heavy atom. The first kappa shape index (κ1) is 14.7. The van der Waals surface area contributed by atoms with Crippen LogP contribution in [0.3, 0.4) is 0 Å². The van der Waals surface area contributed by atoms with Gasteiger partial charge >= 0.3 is 6.61 Å². The molecule has 0 bridgehead atoms. The van der Waals surface area contributed by atoms with Gasteiger partial charge < -0.3 is 4.74 Å². The van der Waals surface area contributed by atoms with Gasteiger partial charge in [-0.3, -0.25) is 0 Å². The average Bonchev–Trinajstić information content (AvgIpc) is 2.26. The normalized spacial score (nSPS) is 11.3. The second-order valence-electron chi connectivity index (χ2n) is 3.24. The summed E-state index contributed by atoms with van der Waals surface area (Å²) < 4.78 is 50.9. The van der Waals surface area contributed by atoms with Gasteiger partial charge in [-0.15, -0.1) is 0 Å². The van der Waals surface area contributed by atoms with E-state index >= 15 is 0 Å². The van der Waals surface area contributed by atoms with Crippen molar-refractivity contribution in [2.24, 2.45) is 0 Å². The minimum atomic E-state index is -4.09. The molecule has 18 heavy (non-hydrogen) atoms. The summed E-state index contributed by atoms with van der Waals surface area (Å²) in [5.74, 6) is -0.510. The monoisotopic (exact) mass is 295 g/mol. The van der Waals surface area contributed by atoms with Crippen LogP contribution in [0.15, 0.2) is 17.0 Å². The Morgan fingerprint density at radius 2 is 2.11 bits per heavy atom. The van der Waals surface area contributed by atoms with Crippen molar-refractivity contribution in [2.45, 2.75) is 24.9 Å². The highest BCUT2D eigenvalue weighted by molar-refractivity contribution is 8.13. The van der Waals surface area contributed by atoms with Gasteiger partial charge in [-0.2, -0.15) is 14.0 Å². The zero-order valence-corrected chi connectivity index (χ0v) is 10.7. The lowest BCUT2D eigenvalue weighted by molar-refractivity contribution is -0.0502. The smallest absolute Gasteiger partial charge is 0.387 e. The van der Waals surface area contributed by atoms with Crippen molar-refractivity contribution in [1.82, 2.24) is 0 Å². The lowest BCUT2D eigenvalue weighted by Gasteiger charge is -2.11. The van der Waals surface area contributed by atoms with E-state index in [1.807, 2.05) is 0 Å². The Labute approximate surface area is 107 Å². The molecule has 0 saturated heterocycles. The number of nitriles is 1. The van der Waals surface area contributed by atoms with Crippen LogP contribution in [0.1, 0.15) is 18.1 Å². The van der Waals surface area contributed by atoms with Gasteiger partial charge in [0.05, 0.1) is 10.5 Å². The number of hydrogen-bond donors (Lipinski definition) is 0. The van der Waals surface area contributed by atoms with Crippen LogP contribution in [-0.2, 0) is 15.5 Å². The third-order valence-electron chi connectivity index (χ3n) is 2.14. The van der Waals surface area contributed by atoms with Crippen LogP contribution in [0.4, 0.5) is 8.78 Å². The van der Waals surface area contributed by atoms with Gasteiger partial charge in [0.1, 0.15) is 11.8 Å². The number of halogens is 3. The van der Waals surface area contributed by atoms with Crippen LogP contribution in [0, 0.1) is 11.3 Å². The van der Waals surface area contributed by atoms with E-state index in [1.54, 1.807) is 13.0 Å². The van der Waals surface area contributed by atoms with Gasteiger partial charge in [0.2, 0.25) is 0 Å². The molecule has 0 aliphatic heterocycles. The summed E-state index contributed by atoms with van der Waals surface area (Å²) in [5.41, 5.74) is 0.0967. The minimum Gasteiger partial charge on any atom is -0.433 e. The van der Waals surface area contributed by atoms with E-state index in [0.717, 1.165) is 6.07 Å². The molecule has 0 N–H and O–H groups in total. The molecule has 0 aromatic heterocycles. The predicted octanol–water partition coefficient (Wildman–Crippen LogP) is 2.65. The Morgan fingerprint density at radius 3 is 2.50 bits per heavy atom. The van der Waals surface area contributed by atoms with Crippen LogP contribution in [0.5, 0.6) is 5.75 Å². The molecule has 1 aromatic carbocycles. The Kier molecular flexibility index (Phi) is 4.48. The van der Waals surface area contributed by atoms with Gasteiger partial charge in [0.25, 0.3) is 9.05 Å². The van der Waals surface area contributed by atoms with E-state index in [-0.39, 0.29) is 22.4 Å². The highest BCUT2D eigenvalue weighted by atomic mass is 35.7. The van der Waals surface area contributed by atoms with Crippen LogP contribution >= 0.6 is 10.7 Å². The van der Waals surface area contributed by atoms with Crippen molar-refractivity contribution in [1.29, 1.82) is 5.26 Å². The number of nitrogens with zero attached hydrogens (tertiary/aromatic N) is 1. The molecule has 0 atom stereocenters. The Hall–Kier alpha value is -1.39. The first-order valence-corrected chi connectivity index (χ1v) is 7.07. The molecule has 0 amide bonds. The number of rotatable bonds is 4. The molecule has 0 radical (unpaired) electrons. The van der Waals surface area contributed by atoms with Crippen LogP contribution < -0.4 is 4.74 Å². The number of alkyl halides is 2. The fourth-order valence-electron chi connectivity index (χ4n) is 1.39. The third-order valence-corrected chi connectivity index (χ3v) is 3.55. The molecule has 0 aliphatic rings. The fraction of sp³-hybridized carbons (Fsp3) is 0.300. The average molecular weight is 296 g/mol. The number of ether oxygens (including phenoxy) is 1. The number of aryl methyl sites for hydroxylation is 1. The molecule has 0 saturated carbocycles. The first-order chi connectivity index (χ1) is 8.29. The van der Waals surface area contributed by atoms with E-state index in [2.05, 4.69) is 4.74 Å². The molecule has 0 spiro atoms. The quantitative estimate of drug-likeness (QED) is 0.801. The standard InChI is InChI=1S/C10H8ClF2NO3S/c1-2-6-3-7(5-14)8(17-10(12)13)4-9(6)18(11,15)16/h3-4,10H,2H2,1H3. The van der Waals surface area contributed by atoms with Gasteiger partial charge in [-0.25, -0.2) is 8.42 Å². The molecular formula is C10H8ClF2NO3S. The summed E-state index contributed by atoms with van der Waals surface area (Å²) in [6, 6.07) is 3.67. The second kappa shape index (κ2) is 5.50. The first-order valence-electron chi connectivity index (χ1n) is 4.76. The highest BCUT2D eigenvalue weighted by Gasteiger charge is 2.20. The van der Waals surface area contributed by atoms with Crippen molar-refractivity contribution < 1.29 is 21.9 Å². The van der Waals surface area contributed by atoms with Crippen molar-refractivity contribution in [3.63, 3.8) is 0 Å². The maximum atomic E-state index is 12.1. The maximum Gasteiger partial charge on any atom is 0.387 e. The molecule has 0 unspecified atom stereocenters. The number of hydrogen-bond acceptors (Lipinski definition) is 4. The van der Waals surface area contributed by atoms with Gasteiger partial charge in [-0.05, 0) is 18.1 Å². The molecule has 0 aliphatic carbocycles. The molecular weight excluding hydrogens is 288 g/mol. The van der Waals surface area contributed by atoms with E-state index in [9.17, 15) is 17.2 Å². The summed E-state index contributed by atoms with van der Waals surface area (Å²) in [6.07, 6.45) is 0.283. The lowest BCUT2D eigenvalue weighted by atomic mass is 10.1. The Balaban J connectivity index is 3.50. The molecule has 98 valence electrons. The Bertz CT molecular complexity index is 596. The van der Waals surface area contributed by atoms with Crippen LogP contribution in [-0.4, -0.2) is 15.0 Å². The van der Waals surface area contributed by atoms with E-state index in [0.29, 0.717) is 0 Å². The summed E-state index contributed by atoms with van der Waals surface area (Å²) in [7, 11) is 1.10. The van der Waals surface area contributed by atoms with Gasteiger partial charge in [0, 0.05) is 16.7 Å². The minimum absolute atomic E-state index is 0.170. The largest absolute Gasteiger partial charge is 0.433 e. The van der Waals surface area contributed by atoms with Crippen molar-refractivity contribution in [2.75, 3.05) is 0 Å². The van der Waals surface area contributed by atoms with Crippen LogP contribution in [0.2, 0.25) is 0 Å². The van der Waals surface area contributed by atoms with Crippen molar-refractivity contribution in [3.8, 4) is 11.8 Å². The molecule has 8 heteroatoms. The fourth-order valence-corrected chi connectivity index (χ4v) is 2.59. The van der Waals surface area contributed by atoms with Gasteiger partial charge in [0.15, 0.2) is 0 Å². The molecule has 1 aromatic rings. The van der Waals surface area contributed by atoms with Crippen molar-refractivity contribution in [3.05, 3.63) is 23.3 Å². The lowest BCUT2D eigenvalue weighted by Crippen LogP contribution is -2.06. The van der Waals surface area contributed by atoms with Crippen LogP contribution in [0.25, 0.3) is 0 Å². The summed E-state index contributed by atoms with van der Waals surface area (Å²) in [4.78, 5) is -0.332. The molecule has 4 nitrogen and oxygen atoms in total.